The number of nitrogens with one attached hydrogen (secondary N) is 2. The molecule has 2 N–H and O–H groups in total. The monoisotopic (exact) mass is 422 g/mol. The molecule has 0 radical (unpaired) electrons. The second kappa shape index (κ2) is 8.46. The minimum Gasteiger partial charge on any atom is -0.489 e. The Morgan fingerprint density at radius 1 is 1.16 bits per heavy atom. The van der Waals surface area contributed by atoms with E-state index < -0.39 is 6.04 Å². The minimum atomic E-state index is -0.431. The molecule has 31 heavy (non-hydrogen) atoms. The van der Waals surface area contributed by atoms with Crippen molar-refractivity contribution in [3.05, 3.63) is 58.3 Å². The lowest BCUT2D eigenvalue weighted by molar-refractivity contribution is -0.128. The predicted molar refractivity (Wildman–Crippen MR) is 117 cm³/mol. The topological polar surface area (TPSA) is 85.2 Å². The fourth-order valence-electron chi connectivity index (χ4n) is 5.52. The molecular weight excluding hydrogens is 392 g/mol. The van der Waals surface area contributed by atoms with Crippen LogP contribution in [0.4, 0.5) is 0 Å². The van der Waals surface area contributed by atoms with E-state index in [1.165, 1.54) is 0 Å². The standard InChI is InChI=1S/C24H30N4O3/c1-15-21(5-3-11-26-15)31-19-9-7-18(8-10-19)27-24(30)23-17-12-16(13-25-14-17)20-4-2-6-22(29)28(20)23/h2-6,11,16-19,23,25H,7-10,12-14H2,1H3,(H,27,30)/t16-,17+,18?,19?,23-/m1/s1. The summed E-state index contributed by atoms with van der Waals surface area (Å²) in [5.41, 5.74) is 1.82. The predicted octanol–water partition coefficient (Wildman–Crippen LogP) is 2.31. The molecule has 0 spiro atoms. The average molecular weight is 423 g/mol. The number of piperidine rings is 1. The SMILES string of the molecule is Cc1ncccc1OC1CCC(NC(=O)[C@H]2[C@@H]3CNC[C@@H](C3)c3cccc(=O)n32)CC1. The molecule has 4 heterocycles. The molecule has 1 amide bonds. The zero-order valence-corrected chi connectivity index (χ0v) is 17.9. The molecule has 2 aliphatic heterocycles. The van der Waals surface area contributed by atoms with Gasteiger partial charge >= 0.3 is 0 Å². The number of aromatic nitrogens is 2. The van der Waals surface area contributed by atoms with Crippen LogP contribution >= 0.6 is 0 Å². The van der Waals surface area contributed by atoms with Gasteiger partial charge in [0.05, 0.1) is 11.8 Å². The summed E-state index contributed by atoms with van der Waals surface area (Å²) in [6, 6.07) is 8.92. The molecule has 2 aromatic rings. The Bertz CT molecular complexity index is 1010. The lowest BCUT2D eigenvalue weighted by Crippen LogP contribution is -2.53. The average Bonchev–Trinajstić information content (AvgIpc) is 2.78. The minimum absolute atomic E-state index is 0.0193. The zero-order chi connectivity index (χ0) is 21.4. The summed E-state index contributed by atoms with van der Waals surface area (Å²) in [4.78, 5) is 30.3. The fourth-order valence-corrected chi connectivity index (χ4v) is 5.52. The lowest BCUT2D eigenvalue weighted by Gasteiger charge is -2.42. The molecule has 1 saturated heterocycles. The number of pyridine rings is 2. The highest BCUT2D eigenvalue weighted by atomic mass is 16.5. The molecule has 3 atom stereocenters. The van der Waals surface area contributed by atoms with Gasteiger partial charge in [-0.1, -0.05) is 6.07 Å². The van der Waals surface area contributed by atoms with E-state index in [0.717, 1.165) is 62.3 Å². The van der Waals surface area contributed by atoms with E-state index in [1.54, 1.807) is 16.8 Å². The molecule has 7 nitrogen and oxygen atoms in total. The third kappa shape index (κ3) is 3.99. The first-order valence-corrected chi connectivity index (χ1v) is 11.4. The first kappa shape index (κ1) is 20.2. The van der Waals surface area contributed by atoms with E-state index in [1.807, 2.05) is 31.2 Å². The van der Waals surface area contributed by atoms with Crippen LogP contribution in [0.25, 0.3) is 0 Å². The summed E-state index contributed by atoms with van der Waals surface area (Å²) in [6.07, 6.45) is 6.43. The summed E-state index contributed by atoms with van der Waals surface area (Å²) in [7, 11) is 0. The number of aryl methyl sites for hydroxylation is 1. The number of hydrogen-bond acceptors (Lipinski definition) is 5. The van der Waals surface area contributed by atoms with Gasteiger partial charge in [0.2, 0.25) is 5.91 Å². The van der Waals surface area contributed by atoms with E-state index in [4.69, 9.17) is 4.74 Å². The largest absolute Gasteiger partial charge is 0.489 e. The second-order valence-electron chi connectivity index (χ2n) is 9.14. The maximum Gasteiger partial charge on any atom is 0.251 e. The molecule has 7 heteroatoms. The number of hydrogen-bond donors (Lipinski definition) is 2. The van der Waals surface area contributed by atoms with Crippen LogP contribution in [0.1, 0.15) is 55.5 Å². The number of nitrogens with zero attached hydrogens (tertiary/aromatic N) is 2. The van der Waals surface area contributed by atoms with E-state index in [9.17, 15) is 9.59 Å². The molecule has 164 valence electrons. The van der Waals surface area contributed by atoms with Gasteiger partial charge in [0.15, 0.2) is 0 Å². The summed E-state index contributed by atoms with van der Waals surface area (Å²) in [5.74, 6) is 1.28. The number of carbonyl (C=O) groups is 1. The van der Waals surface area contributed by atoms with Crippen LogP contribution in [0, 0.1) is 12.8 Å². The zero-order valence-electron chi connectivity index (χ0n) is 17.9. The van der Waals surface area contributed by atoms with Gasteiger partial charge in [-0.25, -0.2) is 0 Å². The Balaban J connectivity index is 1.25. The molecular formula is C24H30N4O3. The molecule has 3 aliphatic rings. The maximum atomic E-state index is 13.4. The number of carbonyl (C=O) groups excluding carboxylic acids is 1. The van der Waals surface area contributed by atoms with Crippen molar-refractivity contribution in [1.29, 1.82) is 0 Å². The van der Waals surface area contributed by atoms with Crippen LogP contribution in [0.3, 0.4) is 0 Å². The van der Waals surface area contributed by atoms with Crippen molar-refractivity contribution < 1.29 is 9.53 Å². The van der Waals surface area contributed by atoms with Crippen LogP contribution in [0.2, 0.25) is 0 Å². The number of amides is 1. The smallest absolute Gasteiger partial charge is 0.251 e. The van der Waals surface area contributed by atoms with E-state index >= 15 is 0 Å². The van der Waals surface area contributed by atoms with Crippen LogP contribution in [-0.2, 0) is 4.79 Å². The van der Waals surface area contributed by atoms with Crippen molar-refractivity contribution in [3.8, 4) is 5.75 Å². The summed E-state index contributed by atoms with van der Waals surface area (Å²) in [6.45, 7) is 3.60. The van der Waals surface area contributed by atoms with Crippen molar-refractivity contribution in [2.75, 3.05) is 13.1 Å². The molecule has 5 rings (SSSR count). The Morgan fingerprint density at radius 3 is 2.81 bits per heavy atom. The van der Waals surface area contributed by atoms with E-state index in [2.05, 4.69) is 15.6 Å². The second-order valence-corrected chi connectivity index (χ2v) is 9.14. The molecule has 2 aromatic heterocycles. The van der Waals surface area contributed by atoms with Gasteiger partial charge in [0.25, 0.3) is 5.56 Å². The molecule has 2 fully saturated rings. The fraction of sp³-hybridized carbons (Fsp3) is 0.542. The molecule has 1 saturated carbocycles. The molecule has 1 aliphatic carbocycles. The van der Waals surface area contributed by atoms with Gasteiger partial charge in [-0.2, -0.15) is 0 Å². The quantitative estimate of drug-likeness (QED) is 0.790. The summed E-state index contributed by atoms with van der Waals surface area (Å²) in [5, 5.41) is 6.71. The van der Waals surface area contributed by atoms with Crippen molar-refractivity contribution in [2.45, 2.75) is 63.1 Å². The van der Waals surface area contributed by atoms with Crippen LogP contribution in [0.15, 0.2) is 41.3 Å². The van der Waals surface area contributed by atoms with Gasteiger partial charge in [-0.3, -0.25) is 19.1 Å². The highest BCUT2D eigenvalue weighted by Gasteiger charge is 2.42. The van der Waals surface area contributed by atoms with Gasteiger partial charge in [0, 0.05) is 48.9 Å². The Morgan fingerprint density at radius 2 is 2.00 bits per heavy atom. The van der Waals surface area contributed by atoms with Crippen molar-refractivity contribution >= 4 is 5.91 Å². The molecule has 0 unspecified atom stereocenters. The van der Waals surface area contributed by atoms with Crippen molar-refractivity contribution in [1.82, 2.24) is 20.2 Å². The number of fused-ring (bicyclic) bond motifs is 4. The van der Waals surface area contributed by atoms with Crippen molar-refractivity contribution in [3.63, 3.8) is 0 Å². The summed E-state index contributed by atoms with van der Waals surface area (Å²) < 4.78 is 7.90. The Labute approximate surface area is 182 Å². The first-order valence-electron chi connectivity index (χ1n) is 11.4. The first-order chi connectivity index (χ1) is 15.1. The van der Waals surface area contributed by atoms with Gasteiger partial charge < -0.3 is 15.4 Å². The van der Waals surface area contributed by atoms with Gasteiger partial charge in [0.1, 0.15) is 11.8 Å². The van der Waals surface area contributed by atoms with Crippen LogP contribution < -0.4 is 20.9 Å². The highest BCUT2D eigenvalue weighted by Crippen LogP contribution is 2.38. The van der Waals surface area contributed by atoms with E-state index in [0.29, 0.717) is 5.92 Å². The molecule has 2 bridgehead atoms. The van der Waals surface area contributed by atoms with Crippen LogP contribution in [0.5, 0.6) is 5.75 Å². The number of ether oxygens (including phenoxy) is 1. The summed E-state index contributed by atoms with van der Waals surface area (Å²) >= 11 is 0. The maximum absolute atomic E-state index is 13.4. The Kier molecular flexibility index (Phi) is 5.52. The van der Waals surface area contributed by atoms with Crippen LogP contribution in [-0.4, -0.2) is 40.7 Å². The number of rotatable bonds is 4. The Hall–Kier alpha value is -2.67. The van der Waals surface area contributed by atoms with Crippen molar-refractivity contribution in [2.24, 2.45) is 5.92 Å². The van der Waals surface area contributed by atoms with Gasteiger partial charge in [-0.05, 0) is 57.2 Å². The third-order valence-electron chi connectivity index (χ3n) is 7.09. The highest BCUT2D eigenvalue weighted by molar-refractivity contribution is 5.81. The van der Waals surface area contributed by atoms with E-state index in [-0.39, 0.29) is 29.5 Å². The van der Waals surface area contributed by atoms with Gasteiger partial charge in [-0.15, -0.1) is 0 Å². The third-order valence-corrected chi connectivity index (χ3v) is 7.09. The molecule has 0 aromatic carbocycles. The lowest BCUT2D eigenvalue weighted by atomic mass is 9.79. The normalized spacial score (nSPS) is 29.6.